The van der Waals surface area contributed by atoms with Crippen LogP contribution >= 0.6 is 0 Å². The zero-order chi connectivity index (χ0) is 19.4. The number of aliphatic hydroxyl groups is 2. The van der Waals surface area contributed by atoms with Gasteiger partial charge in [-0.05, 0) is 62.2 Å². The number of carboxylic acids is 1. The van der Waals surface area contributed by atoms with Gasteiger partial charge in [0.15, 0.2) is 0 Å². The van der Waals surface area contributed by atoms with E-state index in [-0.39, 0.29) is 17.8 Å². The number of allylic oxidation sites excluding steroid dienone is 2. The van der Waals surface area contributed by atoms with E-state index in [4.69, 9.17) is 5.11 Å². The lowest BCUT2D eigenvalue weighted by atomic mass is 9.48. The predicted octanol–water partition coefficient (Wildman–Crippen LogP) is 3.91. The lowest BCUT2D eigenvalue weighted by Crippen LogP contribution is -2.51. The lowest BCUT2D eigenvalue weighted by molar-refractivity contribution is -0.137. The molecule has 0 aromatic heterocycles. The van der Waals surface area contributed by atoms with Gasteiger partial charge in [-0.1, -0.05) is 49.7 Å². The van der Waals surface area contributed by atoms with E-state index in [0.717, 1.165) is 38.5 Å². The molecule has 0 spiro atoms. The molecule has 150 valence electrons. The van der Waals surface area contributed by atoms with Gasteiger partial charge in [-0.25, -0.2) is 0 Å². The van der Waals surface area contributed by atoms with Crippen molar-refractivity contribution in [2.45, 2.75) is 89.8 Å². The van der Waals surface area contributed by atoms with Crippen molar-refractivity contribution in [3.63, 3.8) is 0 Å². The molecule has 5 atom stereocenters. The zero-order valence-corrected chi connectivity index (χ0v) is 16.5. The van der Waals surface area contributed by atoms with Crippen molar-refractivity contribution in [2.75, 3.05) is 0 Å². The average molecular weight is 375 g/mol. The summed E-state index contributed by atoms with van der Waals surface area (Å²) in [7, 11) is 0. The maximum absolute atomic E-state index is 10.7. The molecule has 0 aromatic rings. The summed E-state index contributed by atoms with van der Waals surface area (Å²) in [5, 5.41) is 29.7. The van der Waals surface area contributed by atoms with Crippen molar-refractivity contribution >= 4 is 5.97 Å². The topological polar surface area (TPSA) is 77.8 Å². The number of hydrogen-bond donors (Lipinski definition) is 3. The van der Waals surface area contributed by atoms with Crippen LogP contribution in [0.4, 0.5) is 0 Å². The van der Waals surface area contributed by atoms with Gasteiger partial charge < -0.3 is 15.3 Å². The van der Waals surface area contributed by atoms with E-state index in [9.17, 15) is 15.0 Å². The van der Waals surface area contributed by atoms with E-state index in [1.165, 1.54) is 24.8 Å². The number of carbonyl (C=O) groups is 1. The number of hydrogen-bond acceptors (Lipinski definition) is 3. The van der Waals surface area contributed by atoms with Gasteiger partial charge in [0.2, 0.25) is 0 Å². The maximum Gasteiger partial charge on any atom is 0.303 e. The van der Waals surface area contributed by atoms with Gasteiger partial charge in [0, 0.05) is 6.42 Å². The Kier molecular flexibility index (Phi) is 6.65. The first kappa shape index (κ1) is 20.4. The molecule has 0 aromatic carbocycles. The Labute approximate surface area is 163 Å². The molecule has 3 N–H and O–H groups in total. The summed E-state index contributed by atoms with van der Waals surface area (Å²) in [6.07, 6.45) is 11.4. The van der Waals surface area contributed by atoms with Gasteiger partial charge in [-0.2, -0.15) is 0 Å². The van der Waals surface area contributed by atoms with Crippen molar-refractivity contribution < 1.29 is 20.1 Å². The van der Waals surface area contributed by atoms with Crippen LogP contribution in [-0.4, -0.2) is 33.5 Å². The Morgan fingerprint density at radius 2 is 2.04 bits per heavy atom. The fraction of sp³-hybridized carbons (Fsp3) is 0.783. The number of aliphatic hydroxyl groups excluding tert-OH is 2. The standard InChI is InChI=1S/C23H34O4/c1-23-14-13-21(25)18(11-12-20(24)16-7-3-2-4-8-16)19(23)15-17(23)9-5-6-10-22(26)27/h9,16,18-21,24-25H,2-8,10,13-15H2,1H3,(H,26,27)/b17-9-/t18-,19-,20?,21-,23-/m0/s1. The third-order valence-corrected chi connectivity index (χ3v) is 7.28. The Morgan fingerprint density at radius 3 is 2.74 bits per heavy atom. The van der Waals surface area contributed by atoms with Crippen molar-refractivity contribution in [3.8, 4) is 11.8 Å². The van der Waals surface area contributed by atoms with Crippen LogP contribution in [0.5, 0.6) is 0 Å². The quantitative estimate of drug-likeness (QED) is 0.387. The molecule has 0 aliphatic heterocycles. The van der Waals surface area contributed by atoms with E-state index >= 15 is 0 Å². The van der Waals surface area contributed by atoms with Crippen molar-refractivity contribution in [1.29, 1.82) is 0 Å². The normalized spacial score (nSPS) is 36.3. The first-order valence-electron chi connectivity index (χ1n) is 10.7. The van der Waals surface area contributed by atoms with Crippen LogP contribution in [0, 0.1) is 35.0 Å². The molecular weight excluding hydrogens is 340 g/mol. The number of unbranched alkanes of at least 4 members (excludes halogenated alkanes) is 1. The minimum Gasteiger partial charge on any atom is -0.481 e. The molecule has 3 fully saturated rings. The third-order valence-electron chi connectivity index (χ3n) is 7.28. The van der Waals surface area contributed by atoms with Crippen LogP contribution in [0.1, 0.15) is 77.6 Å². The van der Waals surface area contributed by atoms with E-state index in [2.05, 4.69) is 24.8 Å². The molecule has 0 heterocycles. The molecular formula is C23H34O4. The van der Waals surface area contributed by atoms with Crippen molar-refractivity contribution in [1.82, 2.24) is 0 Å². The molecule has 4 nitrogen and oxygen atoms in total. The van der Waals surface area contributed by atoms with E-state index in [1.807, 2.05) is 0 Å². The van der Waals surface area contributed by atoms with E-state index in [0.29, 0.717) is 18.3 Å². The Hall–Kier alpha value is -1.31. The predicted molar refractivity (Wildman–Crippen MR) is 105 cm³/mol. The number of carboxylic acid groups (broad SMARTS) is 1. The molecule has 27 heavy (non-hydrogen) atoms. The van der Waals surface area contributed by atoms with Crippen LogP contribution in [0.2, 0.25) is 0 Å². The monoisotopic (exact) mass is 374 g/mol. The minimum atomic E-state index is -0.737. The fourth-order valence-electron chi connectivity index (χ4n) is 5.36. The summed E-state index contributed by atoms with van der Waals surface area (Å²) < 4.78 is 0. The van der Waals surface area contributed by atoms with Gasteiger partial charge >= 0.3 is 5.97 Å². The number of fused-ring (bicyclic) bond motifs is 1. The molecule has 3 saturated carbocycles. The molecule has 3 aliphatic carbocycles. The summed E-state index contributed by atoms with van der Waals surface area (Å²) >= 11 is 0. The first-order chi connectivity index (χ1) is 12.9. The summed E-state index contributed by atoms with van der Waals surface area (Å²) in [6.45, 7) is 2.27. The van der Waals surface area contributed by atoms with Gasteiger partial charge in [-0.15, -0.1) is 0 Å². The van der Waals surface area contributed by atoms with Crippen LogP contribution in [0.3, 0.4) is 0 Å². The van der Waals surface area contributed by atoms with Crippen LogP contribution < -0.4 is 0 Å². The molecule has 0 radical (unpaired) electrons. The van der Waals surface area contributed by atoms with Gasteiger partial charge in [0.05, 0.1) is 12.0 Å². The molecule has 0 saturated heterocycles. The van der Waals surface area contributed by atoms with Crippen LogP contribution in [0.25, 0.3) is 0 Å². The molecule has 0 bridgehead atoms. The maximum atomic E-state index is 10.7. The second-order valence-corrected chi connectivity index (χ2v) is 9.01. The highest BCUT2D eigenvalue weighted by molar-refractivity contribution is 5.66. The zero-order valence-electron chi connectivity index (χ0n) is 16.5. The highest BCUT2D eigenvalue weighted by Crippen LogP contribution is 2.60. The summed E-state index contributed by atoms with van der Waals surface area (Å²) in [4.78, 5) is 10.7. The average Bonchev–Trinajstić information content (AvgIpc) is 2.65. The Bertz CT molecular complexity index is 622. The lowest BCUT2D eigenvalue weighted by Gasteiger charge is -2.57. The summed E-state index contributed by atoms with van der Waals surface area (Å²) in [6, 6.07) is 0. The second kappa shape index (κ2) is 8.80. The molecule has 0 amide bonds. The van der Waals surface area contributed by atoms with Crippen molar-refractivity contribution in [3.05, 3.63) is 11.6 Å². The molecule has 3 aliphatic rings. The number of aliphatic carboxylic acids is 1. The minimum absolute atomic E-state index is 0.0573. The smallest absolute Gasteiger partial charge is 0.303 e. The fourth-order valence-corrected chi connectivity index (χ4v) is 5.36. The molecule has 3 rings (SSSR count). The SMILES string of the molecule is C[C@@]12CC[C@H](O)[C@@H](C#CC(O)C3CCCCC3)[C@@H]1C/C2=C/CCCC(=O)O. The third kappa shape index (κ3) is 4.58. The van der Waals surface area contributed by atoms with Gasteiger partial charge in [0.1, 0.15) is 6.10 Å². The van der Waals surface area contributed by atoms with E-state index < -0.39 is 18.2 Å². The first-order valence-corrected chi connectivity index (χ1v) is 10.7. The van der Waals surface area contributed by atoms with Gasteiger partial charge in [0.25, 0.3) is 0 Å². The summed E-state index contributed by atoms with van der Waals surface area (Å²) in [5.41, 5.74) is 1.49. The van der Waals surface area contributed by atoms with E-state index in [1.54, 1.807) is 0 Å². The van der Waals surface area contributed by atoms with Crippen LogP contribution in [0.15, 0.2) is 11.6 Å². The summed E-state index contributed by atoms with van der Waals surface area (Å²) in [5.74, 6) is 6.21. The highest BCUT2D eigenvalue weighted by atomic mass is 16.4. The number of rotatable bonds is 5. The molecule has 1 unspecified atom stereocenters. The highest BCUT2D eigenvalue weighted by Gasteiger charge is 2.54. The molecule has 4 heteroatoms. The van der Waals surface area contributed by atoms with Gasteiger partial charge in [-0.3, -0.25) is 4.79 Å². The largest absolute Gasteiger partial charge is 0.481 e. The van der Waals surface area contributed by atoms with Crippen LogP contribution in [-0.2, 0) is 4.79 Å². The van der Waals surface area contributed by atoms with Crippen molar-refractivity contribution in [2.24, 2.45) is 23.2 Å². The Balaban J connectivity index is 1.61. The second-order valence-electron chi connectivity index (χ2n) is 9.01. The Morgan fingerprint density at radius 1 is 1.30 bits per heavy atom.